The highest BCUT2D eigenvalue weighted by Gasteiger charge is 2.53. The molecule has 0 aliphatic heterocycles. The van der Waals surface area contributed by atoms with Gasteiger partial charge in [0.1, 0.15) is 9.84 Å². The first-order chi connectivity index (χ1) is 8.53. The summed E-state index contributed by atoms with van der Waals surface area (Å²) in [6, 6.07) is 0.560. The Morgan fingerprint density at radius 1 is 1.22 bits per heavy atom. The lowest BCUT2D eigenvalue weighted by Gasteiger charge is -2.18. The number of sulfone groups is 1. The van der Waals surface area contributed by atoms with Crippen LogP contribution in [0.25, 0.3) is 0 Å². The van der Waals surface area contributed by atoms with E-state index in [0.717, 1.165) is 37.1 Å². The van der Waals surface area contributed by atoms with Crippen molar-refractivity contribution in [2.75, 3.05) is 18.6 Å². The zero-order valence-corrected chi connectivity index (χ0v) is 12.5. The van der Waals surface area contributed by atoms with E-state index < -0.39 is 9.84 Å². The number of hydrogen-bond acceptors (Lipinski definition) is 3. The minimum Gasteiger partial charge on any atom is -0.314 e. The maximum absolute atomic E-state index is 11.2. The average molecular weight is 273 g/mol. The predicted molar refractivity (Wildman–Crippen MR) is 75.3 cm³/mol. The monoisotopic (exact) mass is 273 g/mol. The van der Waals surface area contributed by atoms with Gasteiger partial charge in [-0.1, -0.05) is 19.8 Å². The van der Waals surface area contributed by atoms with Crippen molar-refractivity contribution in [3.8, 4) is 0 Å². The van der Waals surface area contributed by atoms with E-state index in [1.54, 1.807) is 0 Å². The van der Waals surface area contributed by atoms with Crippen LogP contribution in [0.4, 0.5) is 0 Å². The molecule has 2 saturated carbocycles. The lowest BCUT2D eigenvalue weighted by Crippen LogP contribution is -2.32. The molecule has 2 aliphatic carbocycles. The summed E-state index contributed by atoms with van der Waals surface area (Å²) in [6.45, 7) is 3.15. The summed E-state index contributed by atoms with van der Waals surface area (Å²) in [5.74, 6) is 3.07. The summed E-state index contributed by atoms with van der Waals surface area (Å²) in [5.41, 5.74) is 0. The van der Waals surface area contributed by atoms with Crippen molar-refractivity contribution in [1.82, 2.24) is 5.32 Å². The molecule has 3 unspecified atom stereocenters. The Morgan fingerprint density at radius 2 is 1.83 bits per heavy atom. The van der Waals surface area contributed by atoms with Gasteiger partial charge in [0.25, 0.3) is 0 Å². The van der Waals surface area contributed by atoms with Crippen LogP contribution in [0.15, 0.2) is 0 Å². The quantitative estimate of drug-likeness (QED) is 0.773. The fraction of sp³-hybridized carbons (Fsp3) is 1.00. The normalized spacial score (nSPS) is 32.9. The molecule has 1 N–H and O–H groups in total. The molecule has 0 heterocycles. The van der Waals surface area contributed by atoms with Gasteiger partial charge in [-0.15, -0.1) is 0 Å². The second-order valence-electron chi connectivity index (χ2n) is 6.13. The van der Waals surface area contributed by atoms with E-state index >= 15 is 0 Å². The molecule has 2 fully saturated rings. The zero-order chi connectivity index (χ0) is 13.2. The molecule has 3 atom stereocenters. The van der Waals surface area contributed by atoms with E-state index in [1.165, 1.54) is 31.9 Å². The molecular weight excluding hydrogens is 246 g/mol. The fourth-order valence-corrected chi connectivity index (χ4v) is 4.59. The van der Waals surface area contributed by atoms with Crippen molar-refractivity contribution in [3.63, 3.8) is 0 Å². The van der Waals surface area contributed by atoms with Crippen molar-refractivity contribution >= 4 is 9.84 Å². The third kappa shape index (κ3) is 3.70. The lowest BCUT2D eigenvalue weighted by atomic mass is 10.0. The van der Waals surface area contributed by atoms with Crippen molar-refractivity contribution in [3.05, 3.63) is 0 Å². The van der Waals surface area contributed by atoms with E-state index in [0.29, 0.717) is 11.8 Å². The van der Waals surface area contributed by atoms with Gasteiger partial charge in [0, 0.05) is 18.1 Å². The van der Waals surface area contributed by atoms with Gasteiger partial charge in [-0.3, -0.25) is 0 Å². The van der Waals surface area contributed by atoms with Crippen LogP contribution in [0, 0.1) is 17.8 Å². The molecule has 0 aromatic rings. The number of fused-ring (bicyclic) bond motifs is 1. The molecule has 3 nitrogen and oxygen atoms in total. The highest BCUT2D eigenvalue weighted by Crippen LogP contribution is 2.57. The van der Waals surface area contributed by atoms with Crippen molar-refractivity contribution in [2.24, 2.45) is 17.8 Å². The number of nitrogens with one attached hydrogen (secondary N) is 1. The summed E-state index contributed by atoms with van der Waals surface area (Å²) in [7, 11) is -2.79. The van der Waals surface area contributed by atoms with Crippen LogP contribution in [0.3, 0.4) is 0 Å². The molecule has 0 spiro atoms. The largest absolute Gasteiger partial charge is 0.314 e. The van der Waals surface area contributed by atoms with Gasteiger partial charge in [0.2, 0.25) is 0 Å². The highest BCUT2D eigenvalue weighted by molar-refractivity contribution is 7.90. The Kier molecular flexibility index (Phi) is 4.70. The Hall–Kier alpha value is -0.0900. The van der Waals surface area contributed by atoms with Gasteiger partial charge < -0.3 is 5.32 Å². The Labute approximate surface area is 112 Å². The third-order valence-corrected chi connectivity index (χ3v) is 5.71. The molecule has 2 aliphatic rings. The fourth-order valence-electron chi connectivity index (χ4n) is 3.90. The van der Waals surface area contributed by atoms with Crippen LogP contribution >= 0.6 is 0 Å². The summed E-state index contributed by atoms with van der Waals surface area (Å²) in [4.78, 5) is 0. The number of rotatable bonds is 7. The van der Waals surface area contributed by atoms with E-state index in [9.17, 15) is 8.42 Å². The Morgan fingerprint density at radius 3 is 2.33 bits per heavy atom. The molecule has 0 bridgehead atoms. The number of hydrogen-bond donors (Lipinski definition) is 1. The second-order valence-corrected chi connectivity index (χ2v) is 8.39. The molecule has 4 heteroatoms. The van der Waals surface area contributed by atoms with Crippen molar-refractivity contribution < 1.29 is 8.42 Å². The zero-order valence-electron chi connectivity index (χ0n) is 11.7. The third-order valence-electron chi connectivity index (χ3n) is 4.68. The van der Waals surface area contributed by atoms with Gasteiger partial charge in [-0.25, -0.2) is 8.42 Å². The van der Waals surface area contributed by atoms with Crippen LogP contribution < -0.4 is 5.32 Å². The molecule has 18 heavy (non-hydrogen) atoms. The van der Waals surface area contributed by atoms with Crippen molar-refractivity contribution in [2.45, 2.75) is 51.5 Å². The molecule has 2 rings (SSSR count). The Bertz CT molecular complexity index is 354. The van der Waals surface area contributed by atoms with E-state index in [1.807, 2.05) is 0 Å². The van der Waals surface area contributed by atoms with E-state index in [2.05, 4.69) is 12.2 Å². The van der Waals surface area contributed by atoms with Gasteiger partial charge in [0.15, 0.2) is 0 Å². The smallest absolute Gasteiger partial charge is 0.147 e. The van der Waals surface area contributed by atoms with Gasteiger partial charge in [-0.2, -0.15) is 0 Å². The van der Waals surface area contributed by atoms with E-state index in [4.69, 9.17) is 0 Å². The van der Waals surface area contributed by atoms with Gasteiger partial charge in [-0.05, 0) is 50.0 Å². The van der Waals surface area contributed by atoms with E-state index in [-0.39, 0.29) is 0 Å². The second kappa shape index (κ2) is 5.91. The Balaban J connectivity index is 1.81. The molecule has 0 saturated heterocycles. The summed E-state index contributed by atoms with van der Waals surface area (Å²) < 4.78 is 22.4. The topological polar surface area (TPSA) is 46.2 Å². The molecule has 0 aromatic heterocycles. The predicted octanol–water partition coefficient (Wildman–Crippen LogP) is 2.23. The molecule has 0 aromatic carbocycles. The maximum atomic E-state index is 11.2. The van der Waals surface area contributed by atoms with Crippen LogP contribution in [0.1, 0.15) is 45.4 Å². The SMILES string of the molecule is CCNC(CCCS(C)(=O)=O)C1C2CCCCC21. The molecule has 0 amide bonds. The minimum absolute atomic E-state index is 0.344. The van der Waals surface area contributed by atoms with Gasteiger partial charge >= 0.3 is 0 Å². The minimum atomic E-state index is -2.79. The first kappa shape index (κ1) is 14.3. The van der Waals surface area contributed by atoms with Crippen molar-refractivity contribution in [1.29, 1.82) is 0 Å². The molecular formula is C14H27NO2S. The standard InChI is InChI=1S/C14H27NO2S/c1-3-15-13(9-6-10-18(2,16)17)14-11-7-4-5-8-12(11)14/h11-15H,3-10H2,1-2H3. The molecule has 0 radical (unpaired) electrons. The summed E-state index contributed by atoms with van der Waals surface area (Å²) in [6.07, 6.45) is 8.80. The summed E-state index contributed by atoms with van der Waals surface area (Å²) >= 11 is 0. The molecule has 106 valence electrons. The lowest BCUT2D eigenvalue weighted by molar-refractivity contribution is 0.411. The van der Waals surface area contributed by atoms with Gasteiger partial charge in [0.05, 0.1) is 0 Å². The van der Waals surface area contributed by atoms with Crippen LogP contribution in [-0.2, 0) is 9.84 Å². The average Bonchev–Trinajstić information content (AvgIpc) is 3.00. The van der Waals surface area contributed by atoms with Crippen LogP contribution in [0.5, 0.6) is 0 Å². The summed E-state index contributed by atoms with van der Waals surface area (Å²) in [5, 5.41) is 3.59. The first-order valence-electron chi connectivity index (χ1n) is 7.44. The van der Waals surface area contributed by atoms with Crippen LogP contribution in [0.2, 0.25) is 0 Å². The van der Waals surface area contributed by atoms with Crippen LogP contribution in [-0.4, -0.2) is 33.0 Å². The maximum Gasteiger partial charge on any atom is 0.147 e. The highest BCUT2D eigenvalue weighted by atomic mass is 32.2. The first-order valence-corrected chi connectivity index (χ1v) is 9.50.